The van der Waals surface area contributed by atoms with Gasteiger partial charge >= 0.3 is 0 Å². The van der Waals surface area contributed by atoms with Crippen LogP contribution < -0.4 is 10.2 Å². The summed E-state index contributed by atoms with van der Waals surface area (Å²) >= 11 is 6.48. The van der Waals surface area contributed by atoms with Crippen molar-refractivity contribution in [3.63, 3.8) is 0 Å². The first-order chi connectivity index (χ1) is 17.6. The summed E-state index contributed by atoms with van der Waals surface area (Å²) in [4.78, 5) is 27.2. The number of pyridine rings is 1. The molecule has 1 aliphatic rings. The molecule has 2 aromatic carbocycles. The molecule has 4 heterocycles. The molecule has 0 unspecified atom stereocenters. The van der Waals surface area contributed by atoms with Crippen molar-refractivity contribution in [1.82, 2.24) is 15.0 Å². The normalized spacial score (nSPS) is 13.8. The van der Waals surface area contributed by atoms with Crippen molar-refractivity contribution in [2.75, 3.05) is 36.5 Å². The number of halogens is 1. The standard InChI is InChI=1S/C27H22ClN5O3/c28-22-8-5-19(30-27(34)24-2-1-11-36-24)15-21(22)25-31-23-14-18(16-29-26(23)32-25)17-3-6-20(7-4-17)33-9-12-35-13-10-33/h1-8,11,14-16H,9-10,12-13H2,(H,30,34)(H,29,31,32). The fourth-order valence-corrected chi connectivity index (χ4v) is 4.46. The lowest BCUT2D eigenvalue weighted by atomic mass is 10.1. The first-order valence-corrected chi connectivity index (χ1v) is 12.0. The number of furan rings is 1. The number of fused-ring (bicyclic) bond motifs is 1. The number of ether oxygens (including phenoxy) is 1. The molecule has 9 heteroatoms. The fraction of sp³-hybridized carbons (Fsp3) is 0.148. The maximum absolute atomic E-state index is 12.4. The van der Waals surface area contributed by atoms with E-state index in [2.05, 4.69) is 49.4 Å². The van der Waals surface area contributed by atoms with Crippen molar-refractivity contribution in [3.05, 3.63) is 83.9 Å². The molecule has 0 aliphatic carbocycles. The highest BCUT2D eigenvalue weighted by Crippen LogP contribution is 2.31. The number of rotatable bonds is 5. The highest BCUT2D eigenvalue weighted by atomic mass is 35.5. The van der Waals surface area contributed by atoms with Crippen molar-refractivity contribution in [2.45, 2.75) is 0 Å². The van der Waals surface area contributed by atoms with Gasteiger partial charge in [-0.25, -0.2) is 9.97 Å². The maximum atomic E-state index is 12.4. The Morgan fingerprint density at radius 1 is 1.03 bits per heavy atom. The number of hydrogen-bond donors (Lipinski definition) is 2. The van der Waals surface area contributed by atoms with Crippen LogP contribution in [0.2, 0.25) is 5.02 Å². The minimum absolute atomic E-state index is 0.227. The minimum Gasteiger partial charge on any atom is -0.459 e. The van der Waals surface area contributed by atoms with Crippen molar-refractivity contribution in [3.8, 4) is 22.5 Å². The van der Waals surface area contributed by atoms with E-state index in [4.69, 9.17) is 20.8 Å². The summed E-state index contributed by atoms with van der Waals surface area (Å²) in [6.07, 6.45) is 3.27. The molecule has 1 amide bonds. The van der Waals surface area contributed by atoms with E-state index in [0.29, 0.717) is 27.7 Å². The number of nitrogens with zero attached hydrogens (tertiary/aromatic N) is 3. The summed E-state index contributed by atoms with van der Waals surface area (Å²) < 4.78 is 10.6. The van der Waals surface area contributed by atoms with E-state index in [1.54, 1.807) is 30.3 Å². The van der Waals surface area contributed by atoms with Crippen molar-refractivity contribution < 1.29 is 13.9 Å². The number of carbonyl (C=O) groups excluding carboxylic acids is 1. The van der Waals surface area contributed by atoms with Crippen molar-refractivity contribution >= 4 is 40.0 Å². The second-order valence-electron chi connectivity index (χ2n) is 8.45. The molecule has 8 nitrogen and oxygen atoms in total. The first kappa shape index (κ1) is 22.3. The third-order valence-electron chi connectivity index (χ3n) is 6.14. The zero-order valence-electron chi connectivity index (χ0n) is 19.2. The fourth-order valence-electron chi connectivity index (χ4n) is 4.26. The average molecular weight is 500 g/mol. The Balaban J connectivity index is 1.26. The van der Waals surface area contributed by atoms with Gasteiger partial charge in [-0.2, -0.15) is 0 Å². The van der Waals surface area contributed by atoms with Crippen LogP contribution in [0.15, 0.2) is 77.5 Å². The average Bonchev–Trinajstić information content (AvgIpc) is 3.60. The summed E-state index contributed by atoms with van der Waals surface area (Å²) in [5, 5.41) is 3.32. The van der Waals surface area contributed by atoms with Gasteiger partial charge in [0, 0.05) is 41.8 Å². The van der Waals surface area contributed by atoms with E-state index in [1.807, 2.05) is 12.3 Å². The number of imidazole rings is 1. The molecule has 0 radical (unpaired) electrons. The number of anilines is 2. The third kappa shape index (κ3) is 4.44. The van der Waals surface area contributed by atoms with E-state index >= 15 is 0 Å². The van der Waals surface area contributed by atoms with Crippen LogP contribution in [0.5, 0.6) is 0 Å². The minimum atomic E-state index is -0.344. The molecule has 36 heavy (non-hydrogen) atoms. The van der Waals surface area contributed by atoms with Crippen LogP contribution in [-0.4, -0.2) is 47.2 Å². The van der Waals surface area contributed by atoms with Gasteiger partial charge in [0.2, 0.25) is 0 Å². The predicted molar refractivity (Wildman–Crippen MR) is 139 cm³/mol. The Hall–Kier alpha value is -4.14. The zero-order valence-corrected chi connectivity index (χ0v) is 20.0. The number of morpholine rings is 1. The van der Waals surface area contributed by atoms with Crippen LogP contribution >= 0.6 is 11.6 Å². The first-order valence-electron chi connectivity index (χ1n) is 11.6. The number of amides is 1. The molecule has 1 aliphatic heterocycles. The highest BCUT2D eigenvalue weighted by Gasteiger charge is 2.15. The Bertz CT molecular complexity index is 1520. The van der Waals surface area contributed by atoms with Crippen LogP contribution in [0.3, 0.4) is 0 Å². The lowest BCUT2D eigenvalue weighted by Crippen LogP contribution is -2.36. The smallest absolute Gasteiger partial charge is 0.291 e. The molecule has 0 bridgehead atoms. The molecule has 180 valence electrons. The van der Waals surface area contributed by atoms with Crippen LogP contribution in [0, 0.1) is 0 Å². The van der Waals surface area contributed by atoms with Gasteiger partial charge in [0.15, 0.2) is 11.4 Å². The van der Waals surface area contributed by atoms with E-state index in [0.717, 1.165) is 42.9 Å². The second-order valence-corrected chi connectivity index (χ2v) is 8.86. The number of H-pyrrole nitrogens is 1. The molecule has 0 saturated carbocycles. The SMILES string of the molecule is O=C(Nc1ccc(Cl)c(-c2nc3ncc(-c4ccc(N5CCOCC5)cc4)cc3[nH]2)c1)c1ccco1. The number of aromatic amines is 1. The summed E-state index contributed by atoms with van der Waals surface area (Å²) in [6, 6.07) is 19.0. The molecule has 3 aromatic heterocycles. The molecule has 0 atom stereocenters. The molecular formula is C27H22ClN5O3. The Labute approximate surface area is 211 Å². The van der Waals surface area contributed by atoms with Gasteiger partial charge in [-0.1, -0.05) is 23.7 Å². The van der Waals surface area contributed by atoms with Gasteiger partial charge < -0.3 is 24.4 Å². The molecule has 1 fully saturated rings. The van der Waals surface area contributed by atoms with E-state index in [9.17, 15) is 4.79 Å². The monoisotopic (exact) mass is 499 g/mol. The third-order valence-corrected chi connectivity index (χ3v) is 6.47. The highest BCUT2D eigenvalue weighted by molar-refractivity contribution is 6.33. The molecule has 0 spiro atoms. The lowest BCUT2D eigenvalue weighted by Gasteiger charge is -2.28. The molecule has 5 aromatic rings. The van der Waals surface area contributed by atoms with E-state index < -0.39 is 0 Å². The number of aromatic nitrogens is 3. The number of nitrogens with one attached hydrogen (secondary N) is 2. The number of hydrogen-bond acceptors (Lipinski definition) is 6. The van der Waals surface area contributed by atoms with Crippen LogP contribution in [0.1, 0.15) is 10.6 Å². The quantitative estimate of drug-likeness (QED) is 0.325. The van der Waals surface area contributed by atoms with Crippen LogP contribution in [-0.2, 0) is 4.74 Å². The predicted octanol–water partition coefficient (Wildman–Crippen LogP) is 5.63. The maximum Gasteiger partial charge on any atom is 0.291 e. The summed E-state index contributed by atoms with van der Waals surface area (Å²) in [6.45, 7) is 3.32. The van der Waals surface area contributed by atoms with Crippen LogP contribution in [0.4, 0.5) is 11.4 Å². The zero-order chi connectivity index (χ0) is 24.5. The largest absolute Gasteiger partial charge is 0.459 e. The number of carbonyl (C=O) groups is 1. The molecule has 6 rings (SSSR count). The lowest BCUT2D eigenvalue weighted by molar-refractivity contribution is 0.0996. The summed E-state index contributed by atoms with van der Waals surface area (Å²) in [5.74, 6) is 0.449. The molecular weight excluding hydrogens is 478 g/mol. The van der Waals surface area contributed by atoms with Gasteiger partial charge in [-0.15, -0.1) is 0 Å². The van der Waals surface area contributed by atoms with Crippen molar-refractivity contribution in [2.24, 2.45) is 0 Å². The van der Waals surface area contributed by atoms with Gasteiger partial charge in [-0.05, 0) is 54.1 Å². The van der Waals surface area contributed by atoms with Gasteiger partial charge in [0.1, 0.15) is 5.82 Å². The Morgan fingerprint density at radius 3 is 2.64 bits per heavy atom. The van der Waals surface area contributed by atoms with Gasteiger partial charge in [-0.3, -0.25) is 4.79 Å². The Morgan fingerprint density at radius 2 is 1.86 bits per heavy atom. The van der Waals surface area contributed by atoms with E-state index in [1.165, 1.54) is 12.0 Å². The Kier molecular flexibility index (Phi) is 5.88. The van der Waals surface area contributed by atoms with Gasteiger partial charge in [0.25, 0.3) is 5.91 Å². The van der Waals surface area contributed by atoms with Crippen molar-refractivity contribution in [1.29, 1.82) is 0 Å². The number of benzene rings is 2. The van der Waals surface area contributed by atoms with Crippen LogP contribution in [0.25, 0.3) is 33.7 Å². The molecule has 2 N–H and O–H groups in total. The molecule has 1 saturated heterocycles. The summed E-state index contributed by atoms with van der Waals surface area (Å²) in [7, 11) is 0. The van der Waals surface area contributed by atoms with Gasteiger partial charge in [0.05, 0.1) is 30.0 Å². The topological polar surface area (TPSA) is 96.3 Å². The summed E-state index contributed by atoms with van der Waals surface area (Å²) in [5.41, 5.74) is 5.85. The second kappa shape index (κ2) is 9.49. The van der Waals surface area contributed by atoms with E-state index in [-0.39, 0.29) is 11.7 Å².